The molecule has 0 amide bonds. The normalized spacial score (nSPS) is 15.0. The van der Waals surface area contributed by atoms with Crippen LogP contribution in [-0.4, -0.2) is 0 Å². The van der Waals surface area contributed by atoms with Crippen LogP contribution in [0, 0.1) is 11.6 Å². The van der Waals surface area contributed by atoms with Crippen molar-refractivity contribution >= 4 is 68.2 Å². The van der Waals surface area contributed by atoms with Crippen LogP contribution in [0.25, 0.3) is 78.6 Å². The van der Waals surface area contributed by atoms with Crippen LogP contribution in [-0.2, 0) is 10.8 Å². The summed E-state index contributed by atoms with van der Waals surface area (Å²) >= 11 is 0. The van der Waals surface area contributed by atoms with Gasteiger partial charge in [0.1, 0.15) is 22.8 Å². The number of anilines is 6. The quantitative estimate of drug-likeness (QED) is 0.108. The maximum atomic E-state index is 15.0. The summed E-state index contributed by atoms with van der Waals surface area (Å²) in [6, 6.07) is 114. The smallest absolute Gasteiger partial charge is 0.135 e. The molecule has 0 spiro atoms. The first-order valence-electron chi connectivity index (χ1n) is 32.1. The number of nitrogens with zero attached hydrogens (tertiary/aromatic N) is 2. The SMILES string of the molecule is C=Cc1ccc(C2(c3ccccc3)c3ccccc3-c3ccc(-c4cccc(N(c5ccc(F)cc5)c5ccc6oc7ccc(N(c8ccc(F)cc8)c8cccc(-c9ccc%10c(c9)C(c9ccccc9)(c9ccc(C=C)cc9)c9ccccc9-%10)c8)cc7c6c5)c4)cc32)cc1. The van der Waals surface area contributed by atoms with Gasteiger partial charge in [-0.1, -0.05) is 232 Å². The van der Waals surface area contributed by atoms with Crippen molar-refractivity contribution in [3.63, 3.8) is 0 Å². The molecule has 5 heteroatoms. The van der Waals surface area contributed by atoms with Crippen molar-refractivity contribution in [2.75, 3.05) is 9.80 Å². The maximum Gasteiger partial charge on any atom is 0.135 e. The molecule has 0 saturated carbocycles. The molecule has 2 atom stereocenters. The number of furan rings is 1. The Kier molecular flexibility index (Phi) is 13.7. The van der Waals surface area contributed by atoms with Gasteiger partial charge in [-0.3, -0.25) is 0 Å². The van der Waals surface area contributed by atoms with E-state index in [1.165, 1.54) is 91.0 Å². The van der Waals surface area contributed by atoms with Crippen molar-refractivity contribution in [1.29, 1.82) is 0 Å². The highest BCUT2D eigenvalue weighted by atomic mass is 19.1. The lowest BCUT2D eigenvalue weighted by Crippen LogP contribution is -2.28. The summed E-state index contributed by atoms with van der Waals surface area (Å²) in [6.45, 7) is 8.13. The predicted octanol–water partition coefficient (Wildman–Crippen LogP) is 24.2. The first-order valence-corrected chi connectivity index (χ1v) is 32.1. The minimum absolute atomic E-state index is 0.322. The van der Waals surface area contributed by atoms with Crippen LogP contribution in [0.5, 0.6) is 0 Å². The molecule has 17 rings (SSSR count). The lowest BCUT2D eigenvalue weighted by Gasteiger charge is -2.34. The van der Waals surface area contributed by atoms with E-state index >= 15 is 8.78 Å². The third-order valence-corrected chi connectivity index (χ3v) is 19.7. The fraction of sp³-hybridized carbons (Fsp3) is 0.0222. The minimum atomic E-state index is -0.600. The predicted molar refractivity (Wildman–Crippen MR) is 389 cm³/mol. The Labute approximate surface area is 551 Å². The Balaban J connectivity index is 0.774. The van der Waals surface area contributed by atoms with Gasteiger partial charge in [-0.15, -0.1) is 0 Å². The van der Waals surface area contributed by atoms with Gasteiger partial charge in [0.2, 0.25) is 0 Å². The van der Waals surface area contributed by atoms with Gasteiger partial charge in [0, 0.05) is 44.9 Å². The molecule has 0 fully saturated rings. The van der Waals surface area contributed by atoms with Crippen LogP contribution in [0.15, 0.2) is 345 Å². The van der Waals surface area contributed by atoms with Crippen LogP contribution in [0.1, 0.15) is 55.6 Å². The van der Waals surface area contributed by atoms with E-state index < -0.39 is 10.8 Å². The van der Waals surface area contributed by atoms with Gasteiger partial charge in [0.25, 0.3) is 0 Å². The van der Waals surface area contributed by atoms with E-state index in [1.807, 2.05) is 48.6 Å². The lowest BCUT2D eigenvalue weighted by atomic mass is 9.67. The van der Waals surface area contributed by atoms with E-state index in [-0.39, 0.29) is 11.6 Å². The highest BCUT2D eigenvalue weighted by Crippen LogP contribution is 2.59. The fourth-order valence-corrected chi connectivity index (χ4v) is 15.4. The van der Waals surface area contributed by atoms with Gasteiger partial charge in [0.05, 0.1) is 10.8 Å². The van der Waals surface area contributed by atoms with E-state index in [4.69, 9.17) is 4.42 Å². The largest absolute Gasteiger partial charge is 0.456 e. The Morgan fingerprint density at radius 2 is 0.621 bits per heavy atom. The van der Waals surface area contributed by atoms with Gasteiger partial charge in [-0.25, -0.2) is 8.78 Å². The van der Waals surface area contributed by atoms with Crippen molar-refractivity contribution in [3.8, 4) is 44.5 Å². The molecule has 2 aliphatic carbocycles. The molecule has 95 heavy (non-hydrogen) atoms. The van der Waals surface area contributed by atoms with Crippen molar-refractivity contribution < 1.29 is 13.2 Å². The van der Waals surface area contributed by atoms with Crippen molar-refractivity contribution in [2.45, 2.75) is 10.8 Å². The zero-order chi connectivity index (χ0) is 63.8. The zero-order valence-electron chi connectivity index (χ0n) is 51.8. The second kappa shape index (κ2) is 22.9. The Hall–Kier alpha value is -12.2. The van der Waals surface area contributed by atoms with Crippen LogP contribution < -0.4 is 9.80 Å². The second-order valence-electron chi connectivity index (χ2n) is 24.7. The first kappa shape index (κ1) is 56.8. The standard InChI is InChI=1S/C90H60F2N2O/c1-3-59-29-35-67(36-30-59)89(65-19-7-5-8-20-65)83-27-13-11-25-77(83)79-49-33-63(55-85(79)89)61-17-15-23-73(53-61)93(71-43-39-69(91)40-44-71)75-47-51-87-81(57-75)82-58-76(48-52-88(82)95-87)94(72-45-41-70(92)42-46-72)74-24-16-18-62(54-74)64-34-50-80-78-26-12-14-28-84(78)90(86(80)56-64,66-21-9-6-10-22-66)68-37-31-60(4-2)32-38-68/h3-58H,1-2H2. The summed E-state index contributed by atoms with van der Waals surface area (Å²) in [5, 5.41) is 1.79. The van der Waals surface area contributed by atoms with Crippen LogP contribution >= 0.6 is 0 Å². The molecule has 0 bridgehead atoms. The molecule has 450 valence electrons. The number of halogens is 2. The first-order chi connectivity index (χ1) is 46.8. The van der Waals surface area contributed by atoms with E-state index in [2.05, 4.69) is 290 Å². The minimum Gasteiger partial charge on any atom is -0.456 e. The van der Waals surface area contributed by atoms with E-state index in [9.17, 15) is 0 Å². The van der Waals surface area contributed by atoms with Gasteiger partial charge >= 0.3 is 0 Å². The number of fused-ring (bicyclic) bond motifs is 9. The molecule has 1 heterocycles. The molecular weight excluding hydrogens is 1160 g/mol. The zero-order valence-corrected chi connectivity index (χ0v) is 51.8. The summed E-state index contributed by atoms with van der Waals surface area (Å²) in [4.78, 5) is 4.36. The van der Waals surface area contributed by atoms with Crippen LogP contribution in [0.2, 0.25) is 0 Å². The molecule has 2 aliphatic rings. The number of hydrogen-bond acceptors (Lipinski definition) is 3. The third kappa shape index (κ3) is 9.22. The Bertz CT molecular complexity index is 5140. The van der Waals surface area contributed by atoms with Crippen LogP contribution in [0.3, 0.4) is 0 Å². The molecule has 0 saturated heterocycles. The van der Waals surface area contributed by atoms with Crippen LogP contribution in [0.4, 0.5) is 42.9 Å². The third-order valence-electron chi connectivity index (χ3n) is 19.7. The topological polar surface area (TPSA) is 19.6 Å². The summed E-state index contributed by atoms with van der Waals surface area (Å²) in [5.74, 6) is -0.645. The highest BCUT2D eigenvalue weighted by Gasteiger charge is 2.48. The average Bonchev–Trinajstić information content (AvgIpc) is 1.56. The Morgan fingerprint density at radius 3 is 1.03 bits per heavy atom. The molecule has 0 radical (unpaired) electrons. The van der Waals surface area contributed by atoms with Crippen molar-refractivity contribution in [3.05, 3.63) is 408 Å². The molecule has 15 aromatic rings. The summed E-state index contributed by atoms with van der Waals surface area (Å²) in [6.07, 6.45) is 3.78. The number of benzene rings is 14. The number of rotatable bonds is 14. The van der Waals surface area contributed by atoms with Gasteiger partial charge in [-0.2, -0.15) is 0 Å². The van der Waals surface area contributed by atoms with E-state index in [0.717, 1.165) is 78.3 Å². The molecule has 14 aromatic carbocycles. The second-order valence-corrected chi connectivity index (χ2v) is 24.7. The Morgan fingerprint density at radius 1 is 0.274 bits per heavy atom. The molecular formula is C90H60F2N2O. The summed E-state index contributed by atoms with van der Waals surface area (Å²) in [5.41, 5.74) is 26.1. The van der Waals surface area contributed by atoms with Crippen molar-refractivity contribution in [1.82, 2.24) is 0 Å². The van der Waals surface area contributed by atoms with Gasteiger partial charge in [-0.05, 0) is 221 Å². The fourth-order valence-electron chi connectivity index (χ4n) is 15.4. The molecule has 3 nitrogen and oxygen atoms in total. The monoisotopic (exact) mass is 1220 g/mol. The maximum absolute atomic E-state index is 15.0. The average molecular weight is 1220 g/mol. The molecule has 0 aliphatic heterocycles. The summed E-state index contributed by atoms with van der Waals surface area (Å²) < 4.78 is 36.7. The van der Waals surface area contributed by atoms with Crippen molar-refractivity contribution in [2.24, 2.45) is 0 Å². The van der Waals surface area contributed by atoms with E-state index in [1.54, 1.807) is 0 Å². The summed E-state index contributed by atoms with van der Waals surface area (Å²) in [7, 11) is 0. The highest BCUT2D eigenvalue weighted by molar-refractivity contribution is 6.08. The molecule has 0 N–H and O–H groups in total. The van der Waals surface area contributed by atoms with E-state index in [0.29, 0.717) is 11.2 Å². The lowest BCUT2D eigenvalue weighted by molar-refractivity contribution is 0.627. The molecule has 2 unspecified atom stereocenters. The number of hydrogen-bond donors (Lipinski definition) is 0. The molecule has 1 aromatic heterocycles. The van der Waals surface area contributed by atoms with Gasteiger partial charge < -0.3 is 14.2 Å². The van der Waals surface area contributed by atoms with Gasteiger partial charge in [0.15, 0.2) is 0 Å².